The van der Waals surface area contributed by atoms with Gasteiger partial charge in [-0.1, -0.05) is 11.8 Å². The second-order valence-electron chi connectivity index (χ2n) is 7.98. The SMILES string of the molecule is CC(C)(C)Oc1ccc(C#CC#Cc2ccc(OC(C)(C)C)cc2)cc1. The van der Waals surface area contributed by atoms with E-state index >= 15 is 0 Å². The van der Waals surface area contributed by atoms with E-state index in [-0.39, 0.29) is 11.2 Å². The first-order valence-electron chi connectivity index (χ1n) is 8.71. The van der Waals surface area contributed by atoms with E-state index in [0.717, 1.165) is 22.6 Å². The zero-order valence-corrected chi connectivity index (χ0v) is 16.4. The lowest BCUT2D eigenvalue weighted by molar-refractivity contribution is 0.130. The smallest absolute Gasteiger partial charge is 0.120 e. The highest BCUT2D eigenvalue weighted by Crippen LogP contribution is 2.19. The number of benzene rings is 2. The largest absolute Gasteiger partial charge is 0.488 e. The van der Waals surface area contributed by atoms with E-state index in [0.29, 0.717) is 0 Å². The van der Waals surface area contributed by atoms with E-state index in [4.69, 9.17) is 9.47 Å². The Kier molecular flexibility index (Phi) is 6.01. The number of rotatable bonds is 2. The monoisotopic (exact) mass is 346 g/mol. The number of ether oxygens (including phenoxy) is 2. The molecule has 2 heteroatoms. The molecule has 0 saturated heterocycles. The molecule has 0 saturated carbocycles. The summed E-state index contributed by atoms with van der Waals surface area (Å²) in [6, 6.07) is 15.5. The summed E-state index contributed by atoms with van der Waals surface area (Å²) in [7, 11) is 0. The van der Waals surface area contributed by atoms with Crippen LogP contribution in [0.4, 0.5) is 0 Å². The van der Waals surface area contributed by atoms with Crippen LogP contribution in [-0.2, 0) is 0 Å². The highest BCUT2D eigenvalue weighted by molar-refractivity contribution is 5.46. The first kappa shape index (κ1) is 19.5. The summed E-state index contributed by atoms with van der Waals surface area (Å²) >= 11 is 0. The quantitative estimate of drug-likeness (QED) is 0.674. The van der Waals surface area contributed by atoms with Gasteiger partial charge in [0.05, 0.1) is 0 Å². The fraction of sp³-hybridized carbons (Fsp3) is 0.333. The van der Waals surface area contributed by atoms with Crippen molar-refractivity contribution in [1.82, 2.24) is 0 Å². The second kappa shape index (κ2) is 8.03. The third-order valence-corrected chi connectivity index (χ3v) is 3.03. The molecule has 134 valence electrons. The summed E-state index contributed by atoms with van der Waals surface area (Å²) in [5.41, 5.74) is 1.42. The van der Waals surface area contributed by atoms with Gasteiger partial charge in [-0.25, -0.2) is 0 Å². The van der Waals surface area contributed by atoms with Crippen LogP contribution in [0, 0.1) is 23.7 Å². The summed E-state index contributed by atoms with van der Waals surface area (Å²) in [4.78, 5) is 0. The zero-order chi connectivity index (χ0) is 19.2. The fourth-order valence-electron chi connectivity index (χ4n) is 2.13. The standard InChI is InChI=1S/C24H26O2/c1-23(2,3)25-21-15-11-19(12-16-21)9-7-8-10-20-13-17-22(18-14-20)26-24(4,5)6/h11-18H,1-6H3. The van der Waals surface area contributed by atoms with Crippen molar-refractivity contribution in [3.05, 3.63) is 59.7 Å². The topological polar surface area (TPSA) is 18.5 Å². The Morgan fingerprint density at radius 3 is 1.12 bits per heavy atom. The number of hydrogen-bond donors (Lipinski definition) is 0. The van der Waals surface area contributed by atoms with E-state index in [1.165, 1.54) is 0 Å². The highest BCUT2D eigenvalue weighted by atomic mass is 16.5. The molecule has 26 heavy (non-hydrogen) atoms. The predicted molar refractivity (Wildman–Crippen MR) is 107 cm³/mol. The molecule has 0 radical (unpaired) electrons. The van der Waals surface area contributed by atoms with Crippen LogP contribution < -0.4 is 9.47 Å². The normalized spacial score (nSPS) is 10.8. The molecule has 0 bridgehead atoms. The molecule has 0 heterocycles. The molecule has 0 unspecified atom stereocenters. The van der Waals surface area contributed by atoms with Gasteiger partial charge < -0.3 is 9.47 Å². The Hall–Kier alpha value is -2.84. The lowest BCUT2D eigenvalue weighted by Gasteiger charge is -2.21. The predicted octanol–water partition coefficient (Wildman–Crippen LogP) is 5.44. The van der Waals surface area contributed by atoms with Crippen molar-refractivity contribution in [3.8, 4) is 35.2 Å². The Morgan fingerprint density at radius 2 is 0.846 bits per heavy atom. The lowest BCUT2D eigenvalue weighted by Crippen LogP contribution is -2.22. The molecular formula is C24H26O2. The summed E-state index contributed by atoms with van der Waals surface area (Å²) < 4.78 is 11.6. The van der Waals surface area contributed by atoms with Crippen LogP contribution in [0.2, 0.25) is 0 Å². The van der Waals surface area contributed by atoms with Gasteiger partial charge in [0.25, 0.3) is 0 Å². The molecule has 0 aromatic heterocycles. The molecule has 2 aromatic rings. The van der Waals surface area contributed by atoms with Crippen LogP contribution in [-0.4, -0.2) is 11.2 Å². The molecule has 0 aliphatic heterocycles. The van der Waals surface area contributed by atoms with Gasteiger partial charge in [0, 0.05) is 11.1 Å². The third kappa shape index (κ3) is 7.37. The van der Waals surface area contributed by atoms with Crippen molar-refractivity contribution < 1.29 is 9.47 Å². The van der Waals surface area contributed by atoms with Gasteiger partial charge in [-0.2, -0.15) is 0 Å². The second-order valence-corrected chi connectivity index (χ2v) is 7.98. The van der Waals surface area contributed by atoms with Gasteiger partial charge in [0.1, 0.15) is 22.7 Å². The van der Waals surface area contributed by atoms with E-state index in [1.54, 1.807) is 0 Å². The van der Waals surface area contributed by atoms with Crippen molar-refractivity contribution in [1.29, 1.82) is 0 Å². The Bertz CT molecular complexity index is 762. The maximum absolute atomic E-state index is 5.79. The minimum atomic E-state index is -0.202. The molecule has 0 aliphatic carbocycles. The van der Waals surface area contributed by atoms with Crippen molar-refractivity contribution in [2.75, 3.05) is 0 Å². The summed E-state index contributed by atoms with van der Waals surface area (Å²) in [5.74, 6) is 13.5. The summed E-state index contributed by atoms with van der Waals surface area (Å²) in [5, 5.41) is 0. The minimum Gasteiger partial charge on any atom is -0.488 e. The zero-order valence-electron chi connectivity index (χ0n) is 16.4. The highest BCUT2D eigenvalue weighted by Gasteiger charge is 2.11. The lowest BCUT2D eigenvalue weighted by atomic mass is 10.1. The Labute approximate surface area is 157 Å². The minimum absolute atomic E-state index is 0.202. The molecule has 0 atom stereocenters. The van der Waals surface area contributed by atoms with Crippen LogP contribution in [0.15, 0.2) is 48.5 Å². The molecule has 2 aromatic carbocycles. The average molecular weight is 346 g/mol. The van der Waals surface area contributed by atoms with Crippen molar-refractivity contribution in [3.63, 3.8) is 0 Å². The molecule has 0 aliphatic rings. The molecule has 0 amide bonds. The number of hydrogen-bond acceptors (Lipinski definition) is 2. The summed E-state index contributed by atoms with van der Waals surface area (Å²) in [6.45, 7) is 12.2. The van der Waals surface area contributed by atoms with E-state index in [9.17, 15) is 0 Å². The van der Waals surface area contributed by atoms with E-state index in [1.807, 2.05) is 90.1 Å². The van der Waals surface area contributed by atoms with Crippen LogP contribution in [0.3, 0.4) is 0 Å². The van der Waals surface area contributed by atoms with Gasteiger partial charge in [-0.15, -0.1) is 0 Å². The fourth-order valence-corrected chi connectivity index (χ4v) is 2.13. The van der Waals surface area contributed by atoms with Gasteiger partial charge in [0.15, 0.2) is 0 Å². The molecule has 2 rings (SSSR count). The Balaban J connectivity index is 1.98. The molecule has 0 N–H and O–H groups in total. The van der Waals surface area contributed by atoms with Crippen molar-refractivity contribution in [2.24, 2.45) is 0 Å². The average Bonchev–Trinajstić information content (AvgIpc) is 2.52. The van der Waals surface area contributed by atoms with Crippen LogP contribution in [0.25, 0.3) is 0 Å². The molecular weight excluding hydrogens is 320 g/mol. The third-order valence-electron chi connectivity index (χ3n) is 3.03. The first-order valence-corrected chi connectivity index (χ1v) is 8.71. The van der Waals surface area contributed by atoms with Gasteiger partial charge in [0.2, 0.25) is 0 Å². The molecule has 0 spiro atoms. The van der Waals surface area contributed by atoms with Gasteiger partial charge in [-0.3, -0.25) is 0 Å². The first-order chi connectivity index (χ1) is 12.1. The molecule has 2 nitrogen and oxygen atoms in total. The van der Waals surface area contributed by atoms with Crippen molar-refractivity contribution in [2.45, 2.75) is 52.7 Å². The van der Waals surface area contributed by atoms with Gasteiger partial charge >= 0.3 is 0 Å². The van der Waals surface area contributed by atoms with Crippen LogP contribution in [0.1, 0.15) is 52.7 Å². The van der Waals surface area contributed by atoms with Crippen LogP contribution >= 0.6 is 0 Å². The Morgan fingerprint density at radius 1 is 0.538 bits per heavy atom. The van der Waals surface area contributed by atoms with E-state index in [2.05, 4.69) is 23.7 Å². The van der Waals surface area contributed by atoms with Crippen LogP contribution in [0.5, 0.6) is 11.5 Å². The maximum Gasteiger partial charge on any atom is 0.120 e. The molecule has 0 fully saturated rings. The van der Waals surface area contributed by atoms with E-state index < -0.39 is 0 Å². The summed E-state index contributed by atoms with van der Waals surface area (Å²) in [6.07, 6.45) is 0. The maximum atomic E-state index is 5.79. The van der Waals surface area contributed by atoms with Gasteiger partial charge in [-0.05, 0) is 102 Å². The van der Waals surface area contributed by atoms with Crippen molar-refractivity contribution >= 4 is 0 Å².